The molecule has 0 aromatic heterocycles. The molecule has 0 bridgehead atoms. The van der Waals surface area contributed by atoms with Crippen LogP contribution in [0.3, 0.4) is 0 Å². The lowest BCUT2D eigenvalue weighted by atomic mass is 10.0. The number of rotatable bonds is 2. The number of benzene rings is 2. The third-order valence-electron chi connectivity index (χ3n) is 2.61. The van der Waals surface area contributed by atoms with Gasteiger partial charge >= 0.3 is 6.18 Å². The highest BCUT2D eigenvalue weighted by Crippen LogP contribution is 2.38. The van der Waals surface area contributed by atoms with Crippen LogP contribution in [-0.4, -0.2) is 7.11 Å². The lowest BCUT2D eigenvalue weighted by Gasteiger charge is -2.13. The molecule has 0 atom stereocenters. The molecule has 0 N–H and O–H groups in total. The molecule has 0 aliphatic heterocycles. The van der Waals surface area contributed by atoms with Gasteiger partial charge < -0.3 is 4.74 Å². The predicted molar refractivity (Wildman–Crippen MR) is 63.4 cm³/mol. The minimum atomic E-state index is -4.42. The number of ether oxygens (including phenoxy) is 1. The molecule has 94 valence electrons. The summed E-state index contributed by atoms with van der Waals surface area (Å²) in [5.41, 5.74) is 0.501. The highest BCUT2D eigenvalue weighted by Gasteiger charge is 2.34. The van der Waals surface area contributed by atoms with E-state index in [0.717, 1.165) is 11.6 Å². The minimum absolute atomic E-state index is 0.165. The van der Waals surface area contributed by atoms with E-state index in [-0.39, 0.29) is 5.75 Å². The molecular weight excluding hydrogens is 241 g/mol. The monoisotopic (exact) mass is 252 g/mol. The molecule has 0 saturated carbocycles. The Morgan fingerprint density at radius 2 is 1.56 bits per heavy atom. The molecule has 2 rings (SSSR count). The van der Waals surface area contributed by atoms with Gasteiger partial charge in [0.1, 0.15) is 5.75 Å². The number of alkyl halides is 3. The van der Waals surface area contributed by atoms with Crippen molar-refractivity contribution >= 4 is 0 Å². The van der Waals surface area contributed by atoms with E-state index in [0.29, 0.717) is 5.56 Å². The molecule has 0 amide bonds. The van der Waals surface area contributed by atoms with Crippen LogP contribution < -0.4 is 4.74 Å². The highest BCUT2D eigenvalue weighted by atomic mass is 19.4. The second kappa shape index (κ2) is 4.72. The van der Waals surface area contributed by atoms with E-state index in [1.807, 2.05) is 6.07 Å². The maximum absolute atomic E-state index is 12.9. The summed E-state index contributed by atoms with van der Waals surface area (Å²) in [7, 11) is 1.23. The molecule has 0 radical (unpaired) electrons. The Morgan fingerprint density at radius 1 is 0.889 bits per heavy atom. The quantitative estimate of drug-likeness (QED) is 0.770. The first-order chi connectivity index (χ1) is 8.52. The van der Waals surface area contributed by atoms with Crippen molar-refractivity contribution in [3.8, 4) is 16.9 Å². The van der Waals surface area contributed by atoms with Gasteiger partial charge in [-0.1, -0.05) is 36.4 Å². The predicted octanol–water partition coefficient (Wildman–Crippen LogP) is 4.38. The van der Waals surface area contributed by atoms with Crippen molar-refractivity contribution in [2.24, 2.45) is 0 Å². The molecule has 4 heteroatoms. The van der Waals surface area contributed by atoms with Crippen molar-refractivity contribution in [3.63, 3.8) is 0 Å². The van der Waals surface area contributed by atoms with Crippen LogP contribution in [-0.2, 0) is 6.18 Å². The standard InChI is InChI=1S/C14H11F3O/c1-18-13-8-7-11(9-12(13)14(15,16)17)10-5-3-2-4-6-10/h2-9H,1H3. The fraction of sp³-hybridized carbons (Fsp3) is 0.143. The minimum Gasteiger partial charge on any atom is -0.496 e. The fourth-order valence-electron chi connectivity index (χ4n) is 1.74. The lowest BCUT2D eigenvalue weighted by molar-refractivity contribution is -0.138. The number of halogens is 3. The van der Waals surface area contributed by atoms with Gasteiger partial charge in [0, 0.05) is 0 Å². The van der Waals surface area contributed by atoms with Gasteiger partial charge in [-0.2, -0.15) is 13.2 Å². The molecule has 0 aliphatic rings. The van der Waals surface area contributed by atoms with E-state index in [1.54, 1.807) is 30.3 Å². The summed E-state index contributed by atoms with van der Waals surface area (Å²) in [6.07, 6.45) is -4.42. The Morgan fingerprint density at radius 3 is 2.11 bits per heavy atom. The first-order valence-corrected chi connectivity index (χ1v) is 5.33. The molecule has 0 unspecified atom stereocenters. The Labute approximate surface area is 103 Å². The second-order valence-electron chi connectivity index (χ2n) is 3.78. The van der Waals surface area contributed by atoms with Crippen LogP contribution in [0.2, 0.25) is 0 Å². The summed E-state index contributed by atoms with van der Waals surface area (Å²) < 4.78 is 43.3. The molecule has 0 saturated heterocycles. The van der Waals surface area contributed by atoms with Gasteiger partial charge in [0.2, 0.25) is 0 Å². The Hall–Kier alpha value is -1.97. The molecule has 2 aromatic rings. The van der Waals surface area contributed by atoms with Gasteiger partial charge in [0.25, 0.3) is 0 Å². The average molecular weight is 252 g/mol. The zero-order chi connectivity index (χ0) is 13.2. The number of methoxy groups -OCH3 is 1. The third-order valence-corrected chi connectivity index (χ3v) is 2.61. The largest absolute Gasteiger partial charge is 0.496 e. The van der Waals surface area contributed by atoms with Gasteiger partial charge in [0.05, 0.1) is 12.7 Å². The van der Waals surface area contributed by atoms with E-state index in [9.17, 15) is 13.2 Å². The van der Waals surface area contributed by atoms with E-state index in [4.69, 9.17) is 4.74 Å². The summed E-state index contributed by atoms with van der Waals surface area (Å²) >= 11 is 0. The molecule has 0 heterocycles. The zero-order valence-corrected chi connectivity index (χ0v) is 9.66. The molecule has 2 aromatic carbocycles. The van der Waals surface area contributed by atoms with Gasteiger partial charge in [-0.05, 0) is 23.3 Å². The van der Waals surface area contributed by atoms with E-state index < -0.39 is 11.7 Å². The van der Waals surface area contributed by atoms with Crippen molar-refractivity contribution in [3.05, 3.63) is 54.1 Å². The van der Waals surface area contributed by atoms with Crippen LogP contribution in [0.25, 0.3) is 11.1 Å². The maximum Gasteiger partial charge on any atom is 0.419 e. The first-order valence-electron chi connectivity index (χ1n) is 5.33. The number of hydrogen-bond acceptors (Lipinski definition) is 1. The van der Waals surface area contributed by atoms with Crippen molar-refractivity contribution in [2.45, 2.75) is 6.18 Å². The van der Waals surface area contributed by atoms with Crippen LogP contribution in [0.1, 0.15) is 5.56 Å². The molecule has 18 heavy (non-hydrogen) atoms. The SMILES string of the molecule is COc1ccc(-c2ccccc2)cc1C(F)(F)F. The summed E-state index contributed by atoms with van der Waals surface area (Å²) in [6.45, 7) is 0. The summed E-state index contributed by atoms with van der Waals surface area (Å²) in [5.74, 6) is -0.165. The normalized spacial score (nSPS) is 11.3. The zero-order valence-electron chi connectivity index (χ0n) is 9.66. The van der Waals surface area contributed by atoms with Crippen LogP contribution in [0, 0.1) is 0 Å². The van der Waals surface area contributed by atoms with Crippen molar-refractivity contribution in [2.75, 3.05) is 7.11 Å². The Kier molecular flexibility index (Phi) is 3.28. The van der Waals surface area contributed by atoms with E-state index in [1.165, 1.54) is 13.2 Å². The average Bonchev–Trinajstić information content (AvgIpc) is 2.38. The first kappa shape index (κ1) is 12.5. The van der Waals surface area contributed by atoms with Gasteiger partial charge in [-0.15, -0.1) is 0 Å². The Bertz CT molecular complexity index is 532. The smallest absolute Gasteiger partial charge is 0.419 e. The lowest BCUT2D eigenvalue weighted by Crippen LogP contribution is -2.07. The summed E-state index contributed by atoms with van der Waals surface area (Å²) in [5, 5.41) is 0. The Balaban J connectivity index is 2.53. The highest BCUT2D eigenvalue weighted by molar-refractivity contribution is 5.65. The fourth-order valence-corrected chi connectivity index (χ4v) is 1.74. The number of hydrogen-bond donors (Lipinski definition) is 0. The van der Waals surface area contributed by atoms with Gasteiger partial charge in [0.15, 0.2) is 0 Å². The third kappa shape index (κ3) is 2.47. The van der Waals surface area contributed by atoms with Crippen molar-refractivity contribution in [1.29, 1.82) is 0 Å². The van der Waals surface area contributed by atoms with Crippen LogP contribution in [0.15, 0.2) is 48.5 Å². The molecule has 0 spiro atoms. The summed E-state index contributed by atoms with van der Waals surface area (Å²) in [4.78, 5) is 0. The van der Waals surface area contributed by atoms with Crippen molar-refractivity contribution in [1.82, 2.24) is 0 Å². The molecule has 1 nitrogen and oxygen atoms in total. The topological polar surface area (TPSA) is 9.23 Å². The molecule has 0 aliphatic carbocycles. The van der Waals surface area contributed by atoms with E-state index in [2.05, 4.69) is 0 Å². The second-order valence-corrected chi connectivity index (χ2v) is 3.78. The van der Waals surface area contributed by atoms with Gasteiger partial charge in [-0.25, -0.2) is 0 Å². The van der Waals surface area contributed by atoms with Crippen LogP contribution >= 0.6 is 0 Å². The van der Waals surface area contributed by atoms with Crippen LogP contribution in [0.4, 0.5) is 13.2 Å². The molecular formula is C14H11F3O. The maximum atomic E-state index is 12.9. The van der Waals surface area contributed by atoms with Crippen molar-refractivity contribution < 1.29 is 17.9 Å². The van der Waals surface area contributed by atoms with Gasteiger partial charge in [-0.3, -0.25) is 0 Å². The van der Waals surface area contributed by atoms with E-state index >= 15 is 0 Å². The van der Waals surface area contributed by atoms with Crippen LogP contribution in [0.5, 0.6) is 5.75 Å². The molecule has 0 fully saturated rings. The summed E-state index contributed by atoms with van der Waals surface area (Å²) in [6, 6.07) is 13.0.